The van der Waals surface area contributed by atoms with Gasteiger partial charge in [0.25, 0.3) is 5.91 Å². The number of hydrogen-bond donors (Lipinski definition) is 2. The Labute approximate surface area is 141 Å². The number of ether oxygens (including phenoxy) is 1. The lowest BCUT2D eigenvalue weighted by Gasteiger charge is -2.46. The Morgan fingerprint density at radius 2 is 2.04 bits per heavy atom. The van der Waals surface area contributed by atoms with Crippen LogP contribution < -0.4 is 5.14 Å². The Balaban J connectivity index is 1.72. The van der Waals surface area contributed by atoms with Gasteiger partial charge in [-0.1, -0.05) is 6.07 Å². The summed E-state index contributed by atoms with van der Waals surface area (Å²) in [6.45, 7) is 1.58. The first kappa shape index (κ1) is 17.3. The molecule has 2 aliphatic heterocycles. The first-order valence-corrected chi connectivity index (χ1v) is 9.61. The number of benzene rings is 1. The van der Waals surface area contributed by atoms with E-state index >= 15 is 0 Å². The van der Waals surface area contributed by atoms with Gasteiger partial charge in [0.15, 0.2) is 0 Å². The molecule has 2 fully saturated rings. The highest BCUT2D eigenvalue weighted by Crippen LogP contribution is 2.35. The Morgan fingerprint density at radius 1 is 1.33 bits per heavy atom. The summed E-state index contributed by atoms with van der Waals surface area (Å²) in [5, 5.41) is 15.4. The summed E-state index contributed by atoms with van der Waals surface area (Å²) in [5.74, 6) is -0.236. The third-order valence-electron chi connectivity index (χ3n) is 4.93. The number of nitrogens with two attached hydrogens (primary N) is 1. The van der Waals surface area contributed by atoms with Crippen LogP contribution in [0.25, 0.3) is 0 Å². The number of carbonyl (C=O) groups is 1. The van der Waals surface area contributed by atoms with Crippen molar-refractivity contribution in [1.82, 2.24) is 4.90 Å². The van der Waals surface area contributed by atoms with E-state index in [1.54, 1.807) is 11.0 Å². The van der Waals surface area contributed by atoms with E-state index in [-0.39, 0.29) is 10.8 Å². The van der Waals surface area contributed by atoms with Crippen LogP contribution in [0, 0.1) is 0 Å². The second-order valence-corrected chi connectivity index (χ2v) is 8.00. The smallest absolute Gasteiger partial charge is 0.253 e. The number of amides is 1. The number of primary sulfonamides is 1. The molecular weight excluding hydrogens is 332 g/mol. The van der Waals surface area contributed by atoms with Crippen molar-refractivity contribution in [3.63, 3.8) is 0 Å². The summed E-state index contributed by atoms with van der Waals surface area (Å²) in [7, 11) is -3.84. The number of sulfonamides is 1. The van der Waals surface area contributed by atoms with E-state index in [2.05, 4.69) is 0 Å². The van der Waals surface area contributed by atoms with Crippen molar-refractivity contribution in [1.29, 1.82) is 0 Å². The lowest BCUT2D eigenvalue weighted by atomic mass is 9.82. The first-order chi connectivity index (χ1) is 11.3. The standard InChI is InChI=1S/C16H22N2O5S/c17-24(21,22)13-4-1-3-12(11-13)15(20)18-8-6-16(7-9-18)14(19)5-2-10-23-16/h1,3-4,11,14,19H,2,5-10H2,(H2,17,21,22)/t14-/m0/s1. The fourth-order valence-corrected chi connectivity index (χ4v) is 4.03. The number of hydrogen-bond acceptors (Lipinski definition) is 5. The first-order valence-electron chi connectivity index (χ1n) is 8.06. The molecule has 7 nitrogen and oxygen atoms in total. The van der Waals surface area contributed by atoms with Gasteiger partial charge in [0.1, 0.15) is 0 Å². The predicted molar refractivity (Wildman–Crippen MR) is 86.9 cm³/mol. The molecule has 132 valence electrons. The maximum atomic E-state index is 12.6. The summed E-state index contributed by atoms with van der Waals surface area (Å²) in [4.78, 5) is 14.2. The van der Waals surface area contributed by atoms with Crippen molar-refractivity contribution in [2.75, 3.05) is 19.7 Å². The number of aliphatic hydroxyl groups excluding tert-OH is 1. The van der Waals surface area contributed by atoms with Gasteiger partial charge in [-0.15, -0.1) is 0 Å². The number of aliphatic hydroxyl groups is 1. The topological polar surface area (TPSA) is 110 Å². The Morgan fingerprint density at radius 3 is 2.67 bits per heavy atom. The number of rotatable bonds is 2. The fraction of sp³-hybridized carbons (Fsp3) is 0.562. The maximum Gasteiger partial charge on any atom is 0.253 e. The van der Waals surface area contributed by atoms with Crippen LogP contribution in [0.1, 0.15) is 36.0 Å². The van der Waals surface area contributed by atoms with Gasteiger partial charge in [-0.2, -0.15) is 0 Å². The molecule has 0 aromatic heterocycles. The average Bonchev–Trinajstić information content (AvgIpc) is 2.57. The third kappa shape index (κ3) is 3.32. The zero-order valence-electron chi connectivity index (χ0n) is 13.3. The van der Waals surface area contributed by atoms with Gasteiger partial charge >= 0.3 is 0 Å². The molecule has 3 N–H and O–H groups in total. The van der Waals surface area contributed by atoms with E-state index < -0.39 is 21.7 Å². The Bertz CT molecular complexity index is 726. The molecule has 2 heterocycles. The van der Waals surface area contributed by atoms with E-state index in [9.17, 15) is 18.3 Å². The van der Waals surface area contributed by atoms with Gasteiger partial charge in [0.05, 0.1) is 16.6 Å². The molecule has 24 heavy (non-hydrogen) atoms. The van der Waals surface area contributed by atoms with Gasteiger partial charge in [0.2, 0.25) is 10.0 Å². The van der Waals surface area contributed by atoms with Gasteiger partial charge in [-0.25, -0.2) is 13.6 Å². The van der Waals surface area contributed by atoms with Crippen LogP contribution in [0.2, 0.25) is 0 Å². The van der Waals surface area contributed by atoms with E-state index in [0.29, 0.717) is 38.1 Å². The molecule has 0 radical (unpaired) electrons. The summed E-state index contributed by atoms with van der Waals surface area (Å²) in [6.07, 6.45) is 2.24. The van der Waals surface area contributed by atoms with Crippen LogP contribution in [-0.4, -0.2) is 55.7 Å². The maximum absolute atomic E-state index is 12.6. The third-order valence-corrected chi connectivity index (χ3v) is 5.84. The van der Waals surface area contributed by atoms with E-state index in [0.717, 1.165) is 12.8 Å². The number of piperidine rings is 1. The fourth-order valence-electron chi connectivity index (χ4n) is 3.47. The Hall–Kier alpha value is -1.48. The van der Waals surface area contributed by atoms with Crippen molar-refractivity contribution in [2.45, 2.75) is 42.3 Å². The molecule has 1 spiro atoms. The quantitative estimate of drug-likeness (QED) is 0.803. The highest BCUT2D eigenvalue weighted by Gasteiger charge is 2.44. The van der Waals surface area contributed by atoms with Gasteiger partial charge in [-0.3, -0.25) is 4.79 Å². The highest BCUT2D eigenvalue weighted by atomic mass is 32.2. The lowest BCUT2D eigenvalue weighted by molar-refractivity contribution is -0.174. The molecule has 8 heteroatoms. The van der Waals surface area contributed by atoms with Crippen molar-refractivity contribution < 1.29 is 23.1 Å². The molecule has 0 unspecified atom stereocenters. The Kier molecular flexibility index (Phi) is 4.65. The molecule has 1 aromatic carbocycles. The molecular formula is C16H22N2O5S. The molecule has 1 amide bonds. The SMILES string of the molecule is NS(=O)(=O)c1cccc(C(=O)N2CCC3(CC2)OCCC[C@@H]3O)c1. The normalized spacial score (nSPS) is 24.1. The van der Waals surface area contributed by atoms with Gasteiger partial charge < -0.3 is 14.7 Å². The largest absolute Gasteiger partial charge is 0.390 e. The molecule has 2 saturated heterocycles. The number of nitrogens with zero attached hydrogens (tertiary/aromatic N) is 1. The number of carbonyl (C=O) groups excluding carboxylic acids is 1. The molecule has 1 atom stereocenters. The van der Waals surface area contributed by atoms with Crippen molar-refractivity contribution in [3.05, 3.63) is 29.8 Å². The van der Waals surface area contributed by atoms with Gasteiger partial charge in [0, 0.05) is 25.3 Å². The summed E-state index contributed by atoms with van der Waals surface area (Å²) in [5.41, 5.74) is -0.250. The van der Waals surface area contributed by atoms with Crippen molar-refractivity contribution >= 4 is 15.9 Å². The molecule has 2 aliphatic rings. The summed E-state index contributed by atoms with van der Waals surface area (Å²) >= 11 is 0. The lowest BCUT2D eigenvalue weighted by Crippen LogP contribution is -2.56. The van der Waals surface area contributed by atoms with Crippen LogP contribution >= 0.6 is 0 Å². The van der Waals surface area contributed by atoms with E-state index in [4.69, 9.17) is 9.88 Å². The van der Waals surface area contributed by atoms with Crippen LogP contribution in [-0.2, 0) is 14.8 Å². The summed E-state index contributed by atoms with van der Waals surface area (Å²) in [6, 6.07) is 5.75. The molecule has 3 rings (SSSR count). The molecule has 1 aromatic rings. The minimum atomic E-state index is -3.84. The highest BCUT2D eigenvalue weighted by molar-refractivity contribution is 7.89. The van der Waals surface area contributed by atoms with Crippen molar-refractivity contribution in [3.8, 4) is 0 Å². The second-order valence-electron chi connectivity index (χ2n) is 6.44. The van der Waals surface area contributed by atoms with E-state index in [1.165, 1.54) is 18.2 Å². The van der Waals surface area contributed by atoms with Crippen LogP contribution in [0.5, 0.6) is 0 Å². The number of likely N-dealkylation sites (tertiary alicyclic amines) is 1. The zero-order valence-corrected chi connectivity index (χ0v) is 14.2. The van der Waals surface area contributed by atoms with Crippen LogP contribution in [0.3, 0.4) is 0 Å². The van der Waals surface area contributed by atoms with Crippen LogP contribution in [0.15, 0.2) is 29.2 Å². The predicted octanol–water partition coefficient (Wildman–Crippen LogP) is 0.480. The molecule has 0 bridgehead atoms. The molecule has 0 saturated carbocycles. The minimum Gasteiger partial charge on any atom is -0.390 e. The van der Waals surface area contributed by atoms with E-state index in [1.807, 2.05) is 0 Å². The van der Waals surface area contributed by atoms with Crippen molar-refractivity contribution in [2.24, 2.45) is 5.14 Å². The average molecular weight is 354 g/mol. The summed E-state index contributed by atoms with van der Waals surface area (Å²) < 4.78 is 28.7. The minimum absolute atomic E-state index is 0.0761. The van der Waals surface area contributed by atoms with Crippen LogP contribution in [0.4, 0.5) is 0 Å². The van der Waals surface area contributed by atoms with Gasteiger partial charge in [-0.05, 0) is 43.9 Å². The molecule has 0 aliphatic carbocycles. The second kappa shape index (κ2) is 6.44. The monoisotopic (exact) mass is 354 g/mol. The zero-order chi connectivity index (χ0) is 17.4.